The molecular weight excluding hydrogens is 326 g/mol. The molecule has 1 aromatic carbocycles. The van der Waals surface area contributed by atoms with Gasteiger partial charge in [-0.2, -0.15) is 0 Å². The van der Waals surface area contributed by atoms with E-state index in [0.29, 0.717) is 22.3 Å². The van der Waals surface area contributed by atoms with Gasteiger partial charge in [-0.25, -0.2) is 0 Å². The number of rotatable bonds is 3. The smallest absolute Gasteiger partial charge is 0.253 e. The molecule has 1 amide bonds. The Morgan fingerprint density at radius 1 is 1.50 bits per heavy atom. The summed E-state index contributed by atoms with van der Waals surface area (Å²) >= 11 is 3.35. The van der Waals surface area contributed by atoms with Gasteiger partial charge in [0.15, 0.2) is 5.84 Å². The minimum Gasteiger partial charge on any atom is -0.409 e. The Hall–Kier alpha value is -1.60. The molecule has 0 aromatic heterocycles. The van der Waals surface area contributed by atoms with E-state index >= 15 is 0 Å². The van der Waals surface area contributed by atoms with Gasteiger partial charge in [0, 0.05) is 16.6 Å². The van der Waals surface area contributed by atoms with Gasteiger partial charge in [0.2, 0.25) is 0 Å². The first-order valence-corrected chi connectivity index (χ1v) is 7.11. The summed E-state index contributed by atoms with van der Waals surface area (Å²) in [6, 6.07) is 5.03. The number of nitrogens with two attached hydrogens (primary N) is 1. The predicted molar refractivity (Wildman–Crippen MR) is 78.9 cm³/mol. The Morgan fingerprint density at radius 2 is 2.30 bits per heavy atom. The third-order valence-corrected chi connectivity index (χ3v) is 3.76. The van der Waals surface area contributed by atoms with Crippen molar-refractivity contribution in [3.05, 3.63) is 28.2 Å². The molecule has 1 aliphatic rings. The number of amidine groups is 1. The van der Waals surface area contributed by atoms with Crippen LogP contribution in [0.2, 0.25) is 0 Å². The van der Waals surface area contributed by atoms with E-state index in [1.54, 1.807) is 18.2 Å². The number of nitrogens with zero attached hydrogens (tertiary/aromatic N) is 1. The second-order valence-electron chi connectivity index (χ2n) is 4.52. The number of carbonyl (C=O) groups is 1. The number of oxime groups is 1. The normalized spacial score (nSPS) is 19.6. The predicted octanol–water partition coefficient (Wildman–Crippen LogP) is 2.05. The summed E-state index contributed by atoms with van der Waals surface area (Å²) in [6.45, 7) is 0.627. The average molecular weight is 342 g/mol. The molecule has 1 atom stereocenters. The SMILES string of the molecule is N/C(=N/O)c1ccc(NC(=O)C2CCCCO2)c(Br)c1. The van der Waals surface area contributed by atoms with E-state index in [4.69, 9.17) is 15.7 Å². The lowest BCUT2D eigenvalue weighted by Crippen LogP contribution is -2.33. The first kappa shape index (κ1) is 14.8. The number of carbonyl (C=O) groups excluding carboxylic acids is 1. The van der Waals surface area contributed by atoms with E-state index < -0.39 is 0 Å². The zero-order valence-corrected chi connectivity index (χ0v) is 12.4. The molecular formula is C13H16BrN3O3. The van der Waals surface area contributed by atoms with Gasteiger partial charge < -0.3 is 21.0 Å². The highest BCUT2D eigenvalue weighted by Crippen LogP contribution is 2.24. The largest absolute Gasteiger partial charge is 0.409 e. The van der Waals surface area contributed by atoms with Crippen LogP contribution in [-0.2, 0) is 9.53 Å². The van der Waals surface area contributed by atoms with Gasteiger partial charge in [-0.05, 0) is 53.4 Å². The molecule has 1 fully saturated rings. The van der Waals surface area contributed by atoms with Crippen LogP contribution < -0.4 is 11.1 Å². The summed E-state index contributed by atoms with van der Waals surface area (Å²) < 4.78 is 6.09. The van der Waals surface area contributed by atoms with Crippen LogP contribution in [0.5, 0.6) is 0 Å². The number of hydrogen-bond acceptors (Lipinski definition) is 4. The van der Waals surface area contributed by atoms with Crippen LogP contribution in [0.25, 0.3) is 0 Å². The summed E-state index contributed by atoms with van der Waals surface area (Å²) in [5.41, 5.74) is 6.69. The Kier molecular flexibility index (Phi) is 4.97. The van der Waals surface area contributed by atoms with Gasteiger partial charge in [-0.3, -0.25) is 4.79 Å². The van der Waals surface area contributed by atoms with E-state index in [0.717, 1.165) is 19.3 Å². The summed E-state index contributed by atoms with van der Waals surface area (Å²) in [7, 11) is 0. The van der Waals surface area contributed by atoms with Crippen molar-refractivity contribution in [2.24, 2.45) is 10.9 Å². The molecule has 7 heteroatoms. The minimum absolute atomic E-state index is 0.0131. The quantitative estimate of drug-likeness (QED) is 0.339. The van der Waals surface area contributed by atoms with Gasteiger partial charge >= 0.3 is 0 Å². The number of anilines is 1. The summed E-state index contributed by atoms with van der Waals surface area (Å²) in [5.74, 6) is -0.138. The molecule has 2 rings (SSSR count). The van der Waals surface area contributed by atoms with Crippen LogP contribution in [0.4, 0.5) is 5.69 Å². The maximum atomic E-state index is 12.0. The molecule has 0 spiro atoms. The zero-order chi connectivity index (χ0) is 14.5. The van der Waals surface area contributed by atoms with Crippen molar-refractivity contribution in [1.82, 2.24) is 0 Å². The molecule has 0 radical (unpaired) electrons. The number of hydrogen-bond donors (Lipinski definition) is 3. The maximum Gasteiger partial charge on any atom is 0.253 e. The lowest BCUT2D eigenvalue weighted by molar-refractivity contribution is -0.129. The van der Waals surface area contributed by atoms with Crippen molar-refractivity contribution in [3.63, 3.8) is 0 Å². The minimum atomic E-state index is -0.389. The first-order valence-electron chi connectivity index (χ1n) is 6.31. The number of amides is 1. The van der Waals surface area contributed by atoms with Gasteiger partial charge in [-0.15, -0.1) is 0 Å². The number of benzene rings is 1. The maximum absolute atomic E-state index is 12.0. The topological polar surface area (TPSA) is 96.9 Å². The third-order valence-electron chi connectivity index (χ3n) is 3.10. The molecule has 1 heterocycles. The molecule has 4 N–H and O–H groups in total. The lowest BCUT2D eigenvalue weighted by atomic mass is 10.1. The average Bonchev–Trinajstić information content (AvgIpc) is 2.49. The fraction of sp³-hybridized carbons (Fsp3) is 0.385. The van der Waals surface area contributed by atoms with Crippen molar-refractivity contribution in [1.29, 1.82) is 0 Å². The van der Waals surface area contributed by atoms with E-state index in [9.17, 15) is 4.79 Å². The van der Waals surface area contributed by atoms with Gasteiger partial charge in [0.1, 0.15) is 6.10 Å². The summed E-state index contributed by atoms with van der Waals surface area (Å²) in [4.78, 5) is 12.0. The van der Waals surface area contributed by atoms with Crippen molar-refractivity contribution < 1.29 is 14.7 Å². The van der Waals surface area contributed by atoms with Crippen LogP contribution in [0.1, 0.15) is 24.8 Å². The molecule has 6 nitrogen and oxygen atoms in total. The summed E-state index contributed by atoms with van der Waals surface area (Å²) in [5, 5.41) is 14.4. The Balaban J connectivity index is 2.07. The highest BCUT2D eigenvalue weighted by atomic mass is 79.9. The van der Waals surface area contributed by atoms with Crippen molar-refractivity contribution >= 4 is 33.4 Å². The van der Waals surface area contributed by atoms with Crippen LogP contribution >= 0.6 is 15.9 Å². The van der Waals surface area contributed by atoms with E-state index in [1.807, 2.05) is 0 Å². The van der Waals surface area contributed by atoms with Crippen LogP contribution in [-0.4, -0.2) is 29.7 Å². The zero-order valence-electron chi connectivity index (χ0n) is 10.8. The van der Waals surface area contributed by atoms with Crippen molar-refractivity contribution in [3.8, 4) is 0 Å². The van der Waals surface area contributed by atoms with E-state index in [2.05, 4.69) is 26.4 Å². The van der Waals surface area contributed by atoms with Crippen LogP contribution in [0, 0.1) is 0 Å². The standard InChI is InChI=1S/C13H16BrN3O3/c14-9-7-8(12(15)17-19)4-5-10(9)16-13(18)11-3-1-2-6-20-11/h4-5,7,11,19H,1-3,6H2,(H2,15,17)(H,16,18). The molecule has 1 saturated heterocycles. The van der Waals surface area contributed by atoms with Crippen molar-refractivity contribution in [2.75, 3.05) is 11.9 Å². The number of ether oxygens (including phenoxy) is 1. The highest BCUT2D eigenvalue weighted by molar-refractivity contribution is 9.10. The van der Waals surface area contributed by atoms with Crippen LogP contribution in [0.3, 0.4) is 0 Å². The first-order chi connectivity index (χ1) is 9.61. The van der Waals surface area contributed by atoms with Crippen molar-refractivity contribution in [2.45, 2.75) is 25.4 Å². The Labute approximate surface area is 125 Å². The fourth-order valence-electron chi connectivity index (χ4n) is 1.99. The highest BCUT2D eigenvalue weighted by Gasteiger charge is 2.22. The molecule has 1 aliphatic heterocycles. The lowest BCUT2D eigenvalue weighted by Gasteiger charge is -2.22. The second-order valence-corrected chi connectivity index (χ2v) is 5.38. The monoisotopic (exact) mass is 341 g/mol. The molecule has 1 unspecified atom stereocenters. The Bertz CT molecular complexity index is 528. The molecule has 1 aromatic rings. The molecule has 20 heavy (non-hydrogen) atoms. The van der Waals surface area contributed by atoms with E-state index in [1.165, 1.54) is 0 Å². The number of halogens is 1. The Morgan fingerprint density at radius 3 is 2.90 bits per heavy atom. The molecule has 0 bridgehead atoms. The molecule has 0 saturated carbocycles. The van der Waals surface area contributed by atoms with Gasteiger partial charge in [0.25, 0.3) is 5.91 Å². The fourth-order valence-corrected chi connectivity index (χ4v) is 2.47. The second kappa shape index (κ2) is 6.71. The van der Waals surface area contributed by atoms with Gasteiger partial charge in [-0.1, -0.05) is 5.16 Å². The molecule has 108 valence electrons. The van der Waals surface area contributed by atoms with Crippen LogP contribution in [0.15, 0.2) is 27.8 Å². The summed E-state index contributed by atoms with van der Waals surface area (Å²) in [6.07, 6.45) is 2.36. The third kappa shape index (κ3) is 3.49. The molecule has 0 aliphatic carbocycles. The number of nitrogens with one attached hydrogen (secondary N) is 1. The van der Waals surface area contributed by atoms with E-state index in [-0.39, 0.29) is 17.8 Å². The van der Waals surface area contributed by atoms with Gasteiger partial charge in [0.05, 0.1) is 5.69 Å².